The van der Waals surface area contributed by atoms with Crippen LogP contribution in [0.3, 0.4) is 0 Å². The number of benzene rings is 1. The first kappa shape index (κ1) is 14.2. The third-order valence-electron chi connectivity index (χ3n) is 2.43. The molecule has 8 nitrogen and oxygen atoms in total. The van der Waals surface area contributed by atoms with Gasteiger partial charge in [0.25, 0.3) is 0 Å². The van der Waals surface area contributed by atoms with Crippen LogP contribution in [-0.4, -0.2) is 36.2 Å². The summed E-state index contributed by atoms with van der Waals surface area (Å²) in [6.07, 6.45) is 1.47. The minimum Gasteiger partial charge on any atom is -0.478 e. The van der Waals surface area contributed by atoms with Gasteiger partial charge in [0.15, 0.2) is 6.33 Å². The van der Waals surface area contributed by atoms with Crippen LogP contribution in [0.4, 0.5) is 0 Å². The van der Waals surface area contributed by atoms with Crippen LogP contribution in [0.25, 0.3) is 0 Å². The maximum atomic E-state index is 12.0. The molecule has 2 N–H and O–H groups in total. The van der Waals surface area contributed by atoms with Crippen molar-refractivity contribution < 1.29 is 22.8 Å². The fourth-order valence-corrected chi connectivity index (χ4v) is 2.56. The summed E-state index contributed by atoms with van der Waals surface area (Å²) in [4.78, 5) is 14.5. The van der Waals surface area contributed by atoms with E-state index in [1.54, 1.807) is 0 Å². The molecule has 0 aliphatic rings. The van der Waals surface area contributed by atoms with Gasteiger partial charge in [-0.2, -0.15) is 4.98 Å². The van der Waals surface area contributed by atoms with Crippen molar-refractivity contribution in [3.8, 4) is 0 Å². The highest BCUT2D eigenvalue weighted by Gasteiger charge is 2.15. The van der Waals surface area contributed by atoms with Gasteiger partial charge in [0, 0.05) is 13.0 Å². The Balaban J connectivity index is 2.06. The molecular weight excluding hydrogens is 286 g/mol. The second-order valence-corrected chi connectivity index (χ2v) is 5.58. The molecule has 1 aromatic carbocycles. The van der Waals surface area contributed by atoms with Crippen LogP contribution in [0.15, 0.2) is 40.0 Å². The molecule has 0 radical (unpaired) electrons. The van der Waals surface area contributed by atoms with Gasteiger partial charge in [-0.1, -0.05) is 11.2 Å². The highest BCUT2D eigenvalue weighted by atomic mass is 32.2. The largest absolute Gasteiger partial charge is 0.478 e. The van der Waals surface area contributed by atoms with Crippen molar-refractivity contribution in [1.29, 1.82) is 0 Å². The van der Waals surface area contributed by atoms with Gasteiger partial charge in [0.05, 0.1) is 10.5 Å². The molecule has 0 spiro atoms. The maximum Gasteiger partial charge on any atom is 0.335 e. The SMILES string of the molecule is O=C(O)c1cccc(S(=O)(=O)NCCc2ncno2)c1. The topological polar surface area (TPSA) is 122 Å². The van der Waals surface area contributed by atoms with Crippen LogP contribution < -0.4 is 4.72 Å². The van der Waals surface area contributed by atoms with E-state index in [-0.39, 0.29) is 23.4 Å². The Kier molecular flexibility index (Phi) is 4.11. The lowest BCUT2D eigenvalue weighted by atomic mass is 10.2. The van der Waals surface area contributed by atoms with Gasteiger partial charge < -0.3 is 9.63 Å². The number of carbonyl (C=O) groups is 1. The Bertz CT molecular complexity index is 697. The summed E-state index contributed by atoms with van der Waals surface area (Å²) in [6.45, 7) is 0.0713. The molecule has 1 heterocycles. The molecule has 2 aromatic rings. The van der Waals surface area contributed by atoms with Crippen molar-refractivity contribution in [2.24, 2.45) is 0 Å². The number of hydrogen-bond acceptors (Lipinski definition) is 6. The predicted octanol–water partition coefficient (Wildman–Crippen LogP) is 0.289. The quantitative estimate of drug-likeness (QED) is 0.785. The van der Waals surface area contributed by atoms with Gasteiger partial charge in [-0.3, -0.25) is 0 Å². The normalized spacial score (nSPS) is 11.4. The fourth-order valence-electron chi connectivity index (χ4n) is 1.48. The van der Waals surface area contributed by atoms with Crippen molar-refractivity contribution in [3.63, 3.8) is 0 Å². The van der Waals surface area contributed by atoms with Gasteiger partial charge in [0.1, 0.15) is 0 Å². The molecule has 9 heteroatoms. The van der Waals surface area contributed by atoms with Crippen LogP contribution in [0, 0.1) is 0 Å². The highest BCUT2D eigenvalue weighted by Crippen LogP contribution is 2.11. The number of rotatable bonds is 6. The maximum absolute atomic E-state index is 12.0. The lowest BCUT2D eigenvalue weighted by Crippen LogP contribution is -2.26. The van der Waals surface area contributed by atoms with Crippen molar-refractivity contribution in [2.75, 3.05) is 6.54 Å². The zero-order valence-corrected chi connectivity index (χ0v) is 11.0. The van der Waals surface area contributed by atoms with Crippen molar-refractivity contribution >= 4 is 16.0 Å². The number of aromatic nitrogens is 2. The number of carboxylic acid groups (broad SMARTS) is 1. The minimum atomic E-state index is -3.77. The van der Waals surface area contributed by atoms with E-state index in [9.17, 15) is 13.2 Å². The van der Waals surface area contributed by atoms with E-state index >= 15 is 0 Å². The predicted molar refractivity (Wildman–Crippen MR) is 66.6 cm³/mol. The van der Waals surface area contributed by atoms with Crippen LogP contribution in [-0.2, 0) is 16.4 Å². The zero-order valence-electron chi connectivity index (χ0n) is 10.2. The van der Waals surface area contributed by atoms with E-state index in [2.05, 4.69) is 14.9 Å². The smallest absolute Gasteiger partial charge is 0.335 e. The molecule has 0 saturated carbocycles. The van der Waals surface area contributed by atoms with E-state index in [1.807, 2.05) is 0 Å². The van der Waals surface area contributed by atoms with E-state index < -0.39 is 16.0 Å². The summed E-state index contributed by atoms with van der Waals surface area (Å²) in [5.74, 6) is -0.875. The molecule has 20 heavy (non-hydrogen) atoms. The molecule has 106 valence electrons. The summed E-state index contributed by atoms with van der Waals surface area (Å²) < 4.78 is 31.0. The molecule has 0 bridgehead atoms. The number of nitrogens with zero attached hydrogens (tertiary/aromatic N) is 2. The molecule has 0 amide bonds. The molecule has 0 saturated heterocycles. The standard InChI is InChI=1S/C11H11N3O5S/c15-11(16)8-2-1-3-9(6-8)20(17,18)14-5-4-10-12-7-13-19-10/h1-3,6-7,14H,4-5H2,(H,15,16). The van der Waals surface area contributed by atoms with Gasteiger partial charge in [0.2, 0.25) is 15.9 Å². The summed E-state index contributed by atoms with van der Waals surface area (Å²) in [6, 6.07) is 5.11. The van der Waals surface area contributed by atoms with Gasteiger partial charge in [-0.25, -0.2) is 17.9 Å². The van der Waals surface area contributed by atoms with Crippen LogP contribution in [0.2, 0.25) is 0 Å². The van der Waals surface area contributed by atoms with Gasteiger partial charge in [-0.05, 0) is 18.2 Å². The van der Waals surface area contributed by atoms with E-state index in [0.29, 0.717) is 5.89 Å². The number of hydrogen-bond donors (Lipinski definition) is 2. The average Bonchev–Trinajstić information content (AvgIpc) is 2.92. The fraction of sp³-hybridized carbons (Fsp3) is 0.182. The molecule has 0 aliphatic carbocycles. The highest BCUT2D eigenvalue weighted by molar-refractivity contribution is 7.89. The molecule has 0 atom stereocenters. The number of nitrogens with one attached hydrogen (secondary N) is 1. The van der Waals surface area contributed by atoms with Crippen LogP contribution in [0.1, 0.15) is 16.2 Å². The van der Waals surface area contributed by atoms with Crippen molar-refractivity contribution in [3.05, 3.63) is 42.0 Å². The number of aromatic carboxylic acids is 1. The Labute approximate surface area is 114 Å². The van der Waals surface area contributed by atoms with Crippen LogP contribution in [0.5, 0.6) is 0 Å². The first-order valence-electron chi connectivity index (χ1n) is 5.57. The lowest BCUT2D eigenvalue weighted by Gasteiger charge is -2.06. The number of sulfonamides is 1. The third-order valence-corrected chi connectivity index (χ3v) is 3.89. The Morgan fingerprint density at radius 3 is 2.85 bits per heavy atom. The number of carboxylic acids is 1. The first-order valence-corrected chi connectivity index (χ1v) is 7.06. The summed E-state index contributed by atoms with van der Waals surface area (Å²) in [5, 5.41) is 12.2. The summed E-state index contributed by atoms with van der Waals surface area (Å²) >= 11 is 0. The first-order chi connectivity index (χ1) is 9.49. The summed E-state index contributed by atoms with van der Waals surface area (Å²) in [7, 11) is -3.77. The van der Waals surface area contributed by atoms with Crippen molar-refractivity contribution in [1.82, 2.24) is 14.9 Å². The van der Waals surface area contributed by atoms with E-state index in [1.165, 1.54) is 24.5 Å². The lowest BCUT2D eigenvalue weighted by molar-refractivity contribution is 0.0696. The van der Waals surface area contributed by atoms with Gasteiger partial charge in [-0.15, -0.1) is 0 Å². The second-order valence-electron chi connectivity index (χ2n) is 3.82. The zero-order chi connectivity index (χ0) is 14.6. The Hall–Kier alpha value is -2.26. The van der Waals surface area contributed by atoms with Crippen molar-refractivity contribution in [2.45, 2.75) is 11.3 Å². The minimum absolute atomic E-state index is 0.0713. The molecule has 0 fully saturated rings. The van der Waals surface area contributed by atoms with Gasteiger partial charge >= 0.3 is 5.97 Å². The molecule has 0 unspecified atom stereocenters. The summed E-state index contributed by atoms with van der Waals surface area (Å²) in [5.41, 5.74) is -0.0928. The van der Waals surface area contributed by atoms with Crippen LogP contribution >= 0.6 is 0 Å². The molecule has 0 aliphatic heterocycles. The molecule has 1 aromatic heterocycles. The Morgan fingerprint density at radius 2 is 2.20 bits per heavy atom. The average molecular weight is 297 g/mol. The van der Waals surface area contributed by atoms with E-state index in [4.69, 9.17) is 9.63 Å². The monoisotopic (exact) mass is 297 g/mol. The third kappa shape index (κ3) is 3.39. The molecular formula is C11H11N3O5S. The Morgan fingerprint density at radius 1 is 1.40 bits per heavy atom. The van der Waals surface area contributed by atoms with E-state index in [0.717, 1.165) is 6.07 Å². The molecule has 2 rings (SSSR count). The second kappa shape index (κ2) is 5.80.